The number of phenols is 5. The van der Waals surface area contributed by atoms with Crippen LogP contribution in [0.5, 0.6) is 28.7 Å². The van der Waals surface area contributed by atoms with Gasteiger partial charge in [0.1, 0.15) is 5.56 Å². The van der Waals surface area contributed by atoms with Gasteiger partial charge in [0.2, 0.25) is 17.2 Å². The quantitative estimate of drug-likeness (QED) is 0.0654. The molecule has 0 saturated carbocycles. The highest BCUT2D eigenvalue weighted by atomic mass is 32.1. The van der Waals surface area contributed by atoms with Gasteiger partial charge in [-0.3, -0.25) is 0 Å². The molecular formula is C54H34N4O5S. The summed E-state index contributed by atoms with van der Waals surface area (Å²) in [6, 6.07) is 49.5. The molecule has 0 spiro atoms. The van der Waals surface area contributed by atoms with E-state index in [0.717, 1.165) is 76.0 Å². The van der Waals surface area contributed by atoms with Crippen LogP contribution in [0, 0.1) is 0 Å². The molecule has 64 heavy (non-hydrogen) atoms. The van der Waals surface area contributed by atoms with Gasteiger partial charge in [0, 0.05) is 37.5 Å². The van der Waals surface area contributed by atoms with Crippen molar-refractivity contribution in [2.45, 2.75) is 6.42 Å². The van der Waals surface area contributed by atoms with E-state index < -0.39 is 34.3 Å². The monoisotopic (exact) mass is 850 g/mol. The predicted octanol–water partition coefficient (Wildman–Crippen LogP) is 12.9. The fraction of sp³-hybridized carbons (Fsp3) is 0.0185. The van der Waals surface area contributed by atoms with E-state index in [9.17, 15) is 25.5 Å². The molecular weight excluding hydrogens is 817 g/mol. The lowest BCUT2D eigenvalue weighted by Gasteiger charge is -2.14. The Bertz CT molecular complexity index is 3800. The van der Waals surface area contributed by atoms with Gasteiger partial charge >= 0.3 is 0 Å². The Hall–Kier alpha value is -8.47. The number of fused-ring (bicyclic) bond motifs is 9. The van der Waals surface area contributed by atoms with Gasteiger partial charge in [0.25, 0.3) is 0 Å². The smallest absolute Gasteiger partial charge is 0.208 e. The van der Waals surface area contributed by atoms with Crippen molar-refractivity contribution in [2.24, 2.45) is 0 Å². The second kappa shape index (κ2) is 14.3. The molecule has 0 saturated heterocycles. The number of aromatic hydroxyl groups is 5. The maximum absolute atomic E-state index is 11.2. The van der Waals surface area contributed by atoms with Crippen molar-refractivity contribution in [1.29, 1.82) is 0 Å². The first-order chi connectivity index (χ1) is 31.3. The van der Waals surface area contributed by atoms with Gasteiger partial charge in [-0.2, -0.15) is 0 Å². The average molecular weight is 851 g/mol. The van der Waals surface area contributed by atoms with E-state index in [4.69, 9.17) is 15.0 Å². The maximum atomic E-state index is 11.2. The van der Waals surface area contributed by atoms with Crippen LogP contribution in [-0.4, -0.2) is 45.1 Å². The first-order valence-corrected chi connectivity index (χ1v) is 21.5. The lowest BCUT2D eigenvalue weighted by molar-refractivity contribution is 0.329. The molecule has 1 aliphatic rings. The summed E-state index contributed by atoms with van der Waals surface area (Å²) in [4.78, 5) is 14.6. The van der Waals surface area contributed by atoms with Gasteiger partial charge in [-0.25, -0.2) is 15.0 Å². The zero-order valence-corrected chi connectivity index (χ0v) is 34.5. The number of thiophene rings is 1. The zero-order chi connectivity index (χ0) is 43.2. The molecule has 11 aromatic rings. The molecule has 0 atom stereocenters. The van der Waals surface area contributed by atoms with E-state index in [2.05, 4.69) is 114 Å². The SMILES string of the molecule is Oc1c(O)c(O)c(-c2nc(-c3ccc4c(ccc5ccccc54)c3)nc(-c3cccc4c3sc3c(-n5c6c(c7ccccc75)C(c5ccccc5)=CCC=C6)cccc34)n2)c(O)c1O. The largest absolute Gasteiger partial charge is 0.504 e. The lowest BCUT2D eigenvalue weighted by Crippen LogP contribution is -2.01. The minimum atomic E-state index is -1.07. The van der Waals surface area contributed by atoms with E-state index in [1.54, 1.807) is 11.3 Å². The van der Waals surface area contributed by atoms with Crippen molar-refractivity contribution in [3.8, 4) is 68.6 Å². The molecule has 8 aromatic carbocycles. The number of rotatable bonds is 5. The number of nitrogens with zero attached hydrogens (tertiary/aromatic N) is 4. The van der Waals surface area contributed by atoms with Crippen molar-refractivity contribution in [3.63, 3.8) is 0 Å². The number of hydrogen-bond donors (Lipinski definition) is 5. The molecule has 10 heteroatoms. The lowest BCUT2D eigenvalue weighted by atomic mass is 9.95. The molecule has 3 heterocycles. The third-order valence-corrected chi connectivity index (χ3v) is 13.5. The molecule has 306 valence electrons. The Labute approximate surface area is 368 Å². The highest BCUT2D eigenvalue weighted by Gasteiger charge is 2.29. The van der Waals surface area contributed by atoms with Gasteiger partial charge in [0.15, 0.2) is 29.0 Å². The van der Waals surface area contributed by atoms with E-state index in [1.165, 1.54) is 11.1 Å². The van der Waals surface area contributed by atoms with Gasteiger partial charge < -0.3 is 30.1 Å². The normalized spacial score (nSPS) is 12.7. The Morgan fingerprint density at radius 3 is 1.94 bits per heavy atom. The molecule has 0 aliphatic heterocycles. The first-order valence-electron chi connectivity index (χ1n) is 20.7. The summed E-state index contributed by atoms with van der Waals surface area (Å²) in [5.74, 6) is -4.71. The molecule has 0 unspecified atom stereocenters. The molecule has 0 radical (unpaired) electrons. The number of benzene rings is 8. The summed E-state index contributed by atoms with van der Waals surface area (Å²) in [6.07, 6.45) is 7.54. The molecule has 0 fully saturated rings. The third-order valence-electron chi connectivity index (χ3n) is 12.2. The van der Waals surface area contributed by atoms with Crippen LogP contribution in [0.15, 0.2) is 158 Å². The second-order valence-electron chi connectivity index (χ2n) is 15.8. The van der Waals surface area contributed by atoms with Crippen LogP contribution in [-0.2, 0) is 0 Å². The molecule has 3 aromatic heterocycles. The van der Waals surface area contributed by atoms with Crippen LogP contribution in [0.3, 0.4) is 0 Å². The van der Waals surface area contributed by atoms with Crippen LogP contribution in [0.25, 0.3) is 104 Å². The minimum absolute atomic E-state index is 0.218. The van der Waals surface area contributed by atoms with Gasteiger partial charge in [-0.1, -0.05) is 133 Å². The van der Waals surface area contributed by atoms with E-state index in [-0.39, 0.29) is 17.5 Å². The van der Waals surface area contributed by atoms with Crippen molar-refractivity contribution in [1.82, 2.24) is 19.5 Å². The highest BCUT2D eigenvalue weighted by Crippen LogP contribution is 2.54. The Morgan fingerprint density at radius 1 is 0.469 bits per heavy atom. The average Bonchev–Trinajstić information content (AvgIpc) is 3.80. The predicted molar refractivity (Wildman–Crippen MR) is 256 cm³/mol. The van der Waals surface area contributed by atoms with Crippen LogP contribution in [0.4, 0.5) is 0 Å². The van der Waals surface area contributed by atoms with E-state index >= 15 is 0 Å². The molecule has 9 nitrogen and oxygen atoms in total. The number of aromatic nitrogens is 4. The van der Waals surface area contributed by atoms with Crippen LogP contribution >= 0.6 is 11.3 Å². The minimum Gasteiger partial charge on any atom is -0.504 e. The van der Waals surface area contributed by atoms with Crippen LogP contribution < -0.4 is 0 Å². The number of phenolic OH excluding ortho intramolecular Hbond substituents is 5. The van der Waals surface area contributed by atoms with Crippen molar-refractivity contribution in [2.75, 3.05) is 0 Å². The highest BCUT2D eigenvalue weighted by molar-refractivity contribution is 7.26. The fourth-order valence-corrected chi connectivity index (χ4v) is 10.6. The standard InChI is InChI=1S/C54H34N4O5S/c59-45-44(46(60)48(62)49(63)47(45)61)54-56-52(32-26-27-34-31(28-32)25-24-30-14-4-5-15-33(30)34)55-53(57-54)39-20-10-18-36-37-19-11-23-42(51(37)64-50(36)39)58-40-21-8-7-17-38(40)43-35(16-6-9-22-41(43)58)29-12-2-1-3-13-29/h1-5,7-28,59-63H,6H2. The molecule has 0 amide bonds. The summed E-state index contributed by atoms with van der Waals surface area (Å²) in [7, 11) is 0. The summed E-state index contributed by atoms with van der Waals surface area (Å²) >= 11 is 1.62. The number of allylic oxidation sites excluding steroid dienone is 2. The molecule has 5 N–H and O–H groups in total. The first kappa shape index (κ1) is 37.3. The summed E-state index contributed by atoms with van der Waals surface area (Å²) in [5.41, 5.74) is 7.55. The van der Waals surface area contributed by atoms with Gasteiger partial charge in [0.05, 0.1) is 21.6 Å². The van der Waals surface area contributed by atoms with Crippen molar-refractivity contribution in [3.05, 3.63) is 175 Å². The molecule has 0 bridgehead atoms. The molecule has 1 aliphatic carbocycles. The third kappa shape index (κ3) is 5.59. The van der Waals surface area contributed by atoms with E-state index in [1.807, 2.05) is 54.6 Å². The topological polar surface area (TPSA) is 145 Å². The van der Waals surface area contributed by atoms with Gasteiger partial charge in [-0.15, -0.1) is 11.3 Å². The van der Waals surface area contributed by atoms with Crippen molar-refractivity contribution < 1.29 is 25.5 Å². The Morgan fingerprint density at radius 2 is 1.11 bits per heavy atom. The Kier molecular flexibility index (Phi) is 8.34. The summed E-state index contributed by atoms with van der Waals surface area (Å²) in [6.45, 7) is 0. The number of hydrogen-bond acceptors (Lipinski definition) is 9. The zero-order valence-electron chi connectivity index (χ0n) is 33.7. The summed E-state index contributed by atoms with van der Waals surface area (Å²) in [5, 5.41) is 61.2. The Balaban J connectivity index is 1.09. The van der Waals surface area contributed by atoms with E-state index in [0.29, 0.717) is 11.1 Å². The van der Waals surface area contributed by atoms with Gasteiger partial charge in [-0.05, 0) is 69.4 Å². The summed E-state index contributed by atoms with van der Waals surface area (Å²) < 4.78 is 4.31. The maximum Gasteiger partial charge on any atom is 0.208 e. The van der Waals surface area contributed by atoms with Crippen LogP contribution in [0.2, 0.25) is 0 Å². The van der Waals surface area contributed by atoms with Crippen molar-refractivity contribution >= 4 is 75.6 Å². The van der Waals surface area contributed by atoms with Crippen LogP contribution in [0.1, 0.15) is 23.2 Å². The molecule has 12 rings (SSSR count). The fourth-order valence-electron chi connectivity index (χ4n) is 9.25. The number of para-hydroxylation sites is 1. The second-order valence-corrected chi connectivity index (χ2v) is 16.8.